The van der Waals surface area contributed by atoms with E-state index in [1.165, 1.54) is 0 Å². The molecule has 2 rings (SSSR count). The number of aromatic nitrogens is 1. The molecule has 0 aliphatic rings. The fourth-order valence-corrected chi connectivity index (χ4v) is 4.26. The molecule has 1 N–H and O–H groups in total. The normalized spacial score (nSPS) is 13.2. The number of carbonyl (C=O) groups excluding carboxylic acids is 1. The van der Waals surface area contributed by atoms with Gasteiger partial charge in [0.1, 0.15) is 0 Å². The summed E-state index contributed by atoms with van der Waals surface area (Å²) in [4.78, 5) is 15.0. The van der Waals surface area contributed by atoms with Crippen molar-refractivity contribution >= 4 is 27.2 Å². The third-order valence-electron chi connectivity index (χ3n) is 3.68. The van der Waals surface area contributed by atoms with Crippen LogP contribution in [0.2, 0.25) is 0 Å². The van der Waals surface area contributed by atoms with Crippen LogP contribution in [-0.4, -0.2) is 41.9 Å². The number of hydrogen-bond acceptors (Lipinski definition) is 5. The van der Waals surface area contributed by atoms with Crippen LogP contribution < -0.4 is 0 Å². The standard InChI is InChI=1S/C16H20N2O4S/c1-12(2)16(18(20)11-19)10-23(21,22)9-13-7-14-5-3-4-6-15(14)17-8-13/h3-8,11-12,16,20H,9-10H2,1-2H3/t16-/m1/s1. The molecule has 1 aromatic heterocycles. The third kappa shape index (κ3) is 4.49. The largest absolute Gasteiger partial charge is 0.286 e. The highest BCUT2D eigenvalue weighted by atomic mass is 32.2. The lowest BCUT2D eigenvalue weighted by molar-refractivity contribution is -0.161. The Labute approximate surface area is 135 Å². The molecule has 0 fully saturated rings. The SMILES string of the molecule is CC(C)[C@@H](CS(=O)(=O)Cc1cnc2ccccc2c1)N(O)C=O. The first-order valence-corrected chi connectivity index (χ1v) is 9.11. The van der Waals surface area contributed by atoms with Crippen LogP contribution in [0.4, 0.5) is 0 Å². The quantitative estimate of drug-likeness (QED) is 0.475. The summed E-state index contributed by atoms with van der Waals surface area (Å²) < 4.78 is 24.8. The van der Waals surface area contributed by atoms with Gasteiger partial charge in [0.05, 0.1) is 23.1 Å². The molecule has 6 nitrogen and oxygen atoms in total. The summed E-state index contributed by atoms with van der Waals surface area (Å²) in [6, 6.07) is 8.48. The highest BCUT2D eigenvalue weighted by Gasteiger charge is 2.26. The highest BCUT2D eigenvalue weighted by molar-refractivity contribution is 7.90. The lowest BCUT2D eigenvalue weighted by Gasteiger charge is -2.25. The van der Waals surface area contributed by atoms with E-state index in [0.717, 1.165) is 10.9 Å². The van der Waals surface area contributed by atoms with E-state index in [0.29, 0.717) is 10.6 Å². The molecule has 7 heteroatoms. The van der Waals surface area contributed by atoms with E-state index in [1.807, 2.05) is 24.3 Å². The van der Waals surface area contributed by atoms with Gasteiger partial charge in [-0.05, 0) is 23.6 Å². The number of nitrogens with zero attached hydrogens (tertiary/aromatic N) is 2. The molecule has 1 atom stereocenters. The van der Waals surface area contributed by atoms with Gasteiger partial charge in [-0.1, -0.05) is 32.0 Å². The summed E-state index contributed by atoms with van der Waals surface area (Å²) in [5, 5.41) is 10.9. The lowest BCUT2D eigenvalue weighted by Crippen LogP contribution is -2.41. The molecule has 23 heavy (non-hydrogen) atoms. The van der Waals surface area contributed by atoms with Crippen LogP contribution >= 0.6 is 0 Å². The maximum Gasteiger partial charge on any atom is 0.233 e. The van der Waals surface area contributed by atoms with Crippen LogP contribution in [0.5, 0.6) is 0 Å². The minimum absolute atomic E-state index is 0.180. The fraction of sp³-hybridized carbons (Fsp3) is 0.375. The molecule has 1 aromatic carbocycles. The number of hydroxylamine groups is 2. The Morgan fingerprint density at radius 1 is 1.30 bits per heavy atom. The third-order valence-corrected chi connectivity index (χ3v) is 5.30. The summed E-state index contributed by atoms with van der Waals surface area (Å²) in [5.41, 5.74) is 1.39. The topological polar surface area (TPSA) is 87.6 Å². The minimum Gasteiger partial charge on any atom is -0.286 e. The second-order valence-electron chi connectivity index (χ2n) is 5.89. The van der Waals surface area contributed by atoms with E-state index < -0.39 is 15.9 Å². The molecule has 0 spiro atoms. The van der Waals surface area contributed by atoms with Crippen molar-refractivity contribution in [1.82, 2.24) is 10.0 Å². The first-order valence-electron chi connectivity index (χ1n) is 7.29. The van der Waals surface area contributed by atoms with Gasteiger partial charge < -0.3 is 0 Å². The molecule has 124 valence electrons. The zero-order valence-corrected chi connectivity index (χ0v) is 13.9. The number of amides is 1. The molecule has 0 unspecified atom stereocenters. The summed E-state index contributed by atoms with van der Waals surface area (Å²) >= 11 is 0. The number of hydrogen-bond donors (Lipinski definition) is 1. The molecule has 0 aliphatic heterocycles. The van der Waals surface area contributed by atoms with Crippen LogP contribution in [0.15, 0.2) is 36.5 Å². The molecule has 1 heterocycles. The van der Waals surface area contributed by atoms with Gasteiger partial charge in [0.2, 0.25) is 6.41 Å². The molecule has 1 amide bonds. The summed E-state index contributed by atoms with van der Waals surface area (Å²) in [5.74, 6) is -0.664. The fourth-order valence-electron chi connectivity index (χ4n) is 2.42. The predicted molar refractivity (Wildman–Crippen MR) is 87.5 cm³/mol. The number of rotatable bonds is 7. The van der Waals surface area contributed by atoms with Gasteiger partial charge in [-0.3, -0.25) is 15.0 Å². The zero-order valence-electron chi connectivity index (χ0n) is 13.1. The van der Waals surface area contributed by atoms with E-state index in [2.05, 4.69) is 4.98 Å². The van der Waals surface area contributed by atoms with Gasteiger partial charge in [-0.2, -0.15) is 0 Å². The van der Waals surface area contributed by atoms with E-state index in [-0.39, 0.29) is 23.8 Å². The summed E-state index contributed by atoms with van der Waals surface area (Å²) in [6.07, 6.45) is 1.78. The van der Waals surface area contributed by atoms with Gasteiger partial charge >= 0.3 is 0 Å². The Kier molecular flexibility index (Phi) is 5.33. The first-order chi connectivity index (χ1) is 10.8. The van der Waals surface area contributed by atoms with E-state index in [9.17, 15) is 18.4 Å². The van der Waals surface area contributed by atoms with Crippen molar-refractivity contribution in [2.45, 2.75) is 25.6 Å². The molecule has 0 radical (unpaired) electrons. The molecule has 0 aliphatic carbocycles. The second kappa shape index (κ2) is 7.06. The van der Waals surface area contributed by atoms with Gasteiger partial charge in [-0.25, -0.2) is 13.5 Å². The first kappa shape index (κ1) is 17.4. The van der Waals surface area contributed by atoms with Crippen LogP contribution in [0.3, 0.4) is 0 Å². The molecule has 0 saturated carbocycles. The number of pyridine rings is 1. The average molecular weight is 336 g/mol. The van der Waals surface area contributed by atoms with Crippen molar-refractivity contribution < 1.29 is 18.4 Å². The lowest BCUT2D eigenvalue weighted by atomic mass is 10.1. The second-order valence-corrected chi connectivity index (χ2v) is 8.00. The molecule has 0 saturated heterocycles. The van der Waals surface area contributed by atoms with Crippen molar-refractivity contribution in [2.75, 3.05) is 5.75 Å². The predicted octanol–water partition coefficient (Wildman–Crippen LogP) is 2.02. The number of fused-ring (bicyclic) bond motifs is 1. The van der Waals surface area contributed by atoms with Crippen molar-refractivity contribution in [3.05, 3.63) is 42.1 Å². The summed E-state index contributed by atoms with van der Waals surface area (Å²) in [7, 11) is -3.50. The Hall–Kier alpha value is -1.99. The maximum atomic E-state index is 12.4. The summed E-state index contributed by atoms with van der Waals surface area (Å²) in [6.45, 7) is 3.51. The van der Waals surface area contributed by atoms with Crippen molar-refractivity contribution in [2.24, 2.45) is 5.92 Å². The zero-order chi connectivity index (χ0) is 17.0. The maximum absolute atomic E-state index is 12.4. The van der Waals surface area contributed by atoms with Crippen LogP contribution in [-0.2, 0) is 20.4 Å². The number of benzene rings is 1. The van der Waals surface area contributed by atoms with Crippen LogP contribution in [0.1, 0.15) is 19.4 Å². The van der Waals surface area contributed by atoms with Crippen LogP contribution in [0, 0.1) is 5.92 Å². The monoisotopic (exact) mass is 336 g/mol. The van der Waals surface area contributed by atoms with E-state index in [4.69, 9.17) is 0 Å². The molecule has 2 aromatic rings. The Morgan fingerprint density at radius 2 is 2.00 bits per heavy atom. The number of para-hydroxylation sites is 1. The average Bonchev–Trinajstić information content (AvgIpc) is 2.51. The van der Waals surface area contributed by atoms with Gasteiger partial charge in [0.15, 0.2) is 9.84 Å². The highest BCUT2D eigenvalue weighted by Crippen LogP contribution is 2.17. The van der Waals surface area contributed by atoms with Gasteiger partial charge in [0, 0.05) is 11.6 Å². The van der Waals surface area contributed by atoms with E-state index >= 15 is 0 Å². The van der Waals surface area contributed by atoms with Gasteiger partial charge in [0.25, 0.3) is 0 Å². The van der Waals surface area contributed by atoms with Crippen molar-refractivity contribution in [1.29, 1.82) is 0 Å². The van der Waals surface area contributed by atoms with Gasteiger partial charge in [-0.15, -0.1) is 0 Å². The Bertz CT molecular complexity index is 790. The molecular formula is C16H20N2O4S. The minimum atomic E-state index is -3.50. The van der Waals surface area contributed by atoms with Crippen molar-refractivity contribution in [3.8, 4) is 0 Å². The Balaban J connectivity index is 2.20. The number of sulfone groups is 1. The molecule has 0 bridgehead atoms. The van der Waals surface area contributed by atoms with E-state index in [1.54, 1.807) is 26.1 Å². The van der Waals surface area contributed by atoms with Crippen LogP contribution in [0.25, 0.3) is 10.9 Å². The Morgan fingerprint density at radius 3 is 2.65 bits per heavy atom. The number of carbonyl (C=O) groups is 1. The van der Waals surface area contributed by atoms with Crippen molar-refractivity contribution in [3.63, 3.8) is 0 Å². The smallest absolute Gasteiger partial charge is 0.233 e. The molecular weight excluding hydrogens is 316 g/mol.